The number of pyridine rings is 1. The van der Waals surface area contributed by atoms with E-state index in [1.807, 2.05) is 35.2 Å². The molecule has 4 heterocycles. The Kier molecular flexibility index (Phi) is 5.81. The summed E-state index contributed by atoms with van der Waals surface area (Å²) in [5, 5.41) is 11.8. The minimum Gasteiger partial charge on any atom is -0.439 e. The van der Waals surface area contributed by atoms with Gasteiger partial charge in [-0.15, -0.1) is 0 Å². The maximum absolute atomic E-state index is 12.6. The fraction of sp³-hybridized carbons (Fsp3) is 0.478. The van der Waals surface area contributed by atoms with Gasteiger partial charge in [-0.05, 0) is 48.1 Å². The van der Waals surface area contributed by atoms with Crippen LogP contribution in [0.25, 0.3) is 0 Å². The Morgan fingerprint density at radius 1 is 1.20 bits per heavy atom. The molecule has 0 saturated carbocycles. The molecular formula is C23H30N4O3. The molecule has 2 atom stereocenters. The van der Waals surface area contributed by atoms with E-state index in [1.165, 1.54) is 0 Å². The number of anilines is 1. The molecule has 3 aliphatic heterocycles. The van der Waals surface area contributed by atoms with Crippen molar-refractivity contribution in [3.8, 4) is 11.6 Å². The SMILES string of the molecule is CC1(C)C[C@@H]2CN(C(=O)NCCO)C[C@H]1N(c1ccc(Oc3ccccn3)cc1)C2. The summed E-state index contributed by atoms with van der Waals surface area (Å²) in [7, 11) is 0. The lowest BCUT2D eigenvalue weighted by Gasteiger charge is -2.48. The summed E-state index contributed by atoms with van der Waals surface area (Å²) in [5.74, 6) is 1.73. The summed E-state index contributed by atoms with van der Waals surface area (Å²) < 4.78 is 5.82. The zero-order chi connectivity index (χ0) is 21.1. The Labute approximate surface area is 177 Å². The molecule has 0 spiro atoms. The summed E-state index contributed by atoms with van der Waals surface area (Å²) in [6.45, 7) is 7.18. The van der Waals surface area contributed by atoms with E-state index in [1.54, 1.807) is 6.20 Å². The number of benzene rings is 1. The maximum Gasteiger partial charge on any atom is 0.317 e. The predicted octanol–water partition coefficient (Wildman–Crippen LogP) is 3.11. The van der Waals surface area contributed by atoms with Crippen molar-refractivity contribution in [1.82, 2.24) is 15.2 Å². The smallest absolute Gasteiger partial charge is 0.317 e. The molecule has 30 heavy (non-hydrogen) atoms. The fourth-order valence-corrected chi connectivity index (χ4v) is 4.79. The number of aliphatic hydroxyl groups excluding tert-OH is 1. The van der Waals surface area contributed by atoms with Gasteiger partial charge in [-0.2, -0.15) is 0 Å². The fourth-order valence-electron chi connectivity index (χ4n) is 4.79. The van der Waals surface area contributed by atoms with Crippen molar-refractivity contribution in [2.24, 2.45) is 11.3 Å². The van der Waals surface area contributed by atoms with E-state index in [9.17, 15) is 4.79 Å². The molecule has 3 fully saturated rings. The number of aliphatic hydroxyl groups is 1. The molecule has 2 amide bonds. The van der Waals surface area contributed by atoms with Crippen LogP contribution in [0.4, 0.5) is 10.5 Å². The molecule has 3 saturated heterocycles. The van der Waals surface area contributed by atoms with Crippen molar-refractivity contribution in [1.29, 1.82) is 0 Å². The molecule has 2 bridgehead atoms. The highest BCUT2D eigenvalue weighted by molar-refractivity contribution is 5.74. The third kappa shape index (κ3) is 4.36. The molecule has 0 aliphatic carbocycles. The first-order valence-corrected chi connectivity index (χ1v) is 10.6. The van der Waals surface area contributed by atoms with Crippen LogP contribution in [-0.2, 0) is 0 Å². The molecule has 7 heteroatoms. The van der Waals surface area contributed by atoms with Crippen LogP contribution in [-0.4, -0.2) is 59.8 Å². The van der Waals surface area contributed by atoms with E-state index in [2.05, 4.69) is 41.2 Å². The predicted molar refractivity (Wildman–Crippen MR) is 116 cm³/mol. The van der Waals surface area contributed by atoms with Gasteiger partial charge in [-0.25, -0.2) is 9.78 Å². The van der Waals surface area contributed by atoms with Gasteiger partial charge in [-0.1, -0.05) is 19.9 Å². The number of hydrogen-bond acceptors (Lipinski definition) is 5. The van der Waals surface area contributed by atoms with E-state index in [0.717, 1.165) is 30.9 Å². The number of nitrogens with one attached hydrogen (secondary N) is 1. The molecular weight excluding hydrogens is 380 g/mol. The van der Waals surface area contributed by atoms with Gasteiger partial charge in [-0.3, -0.25) is 0 Å². The van der Waals surface area contributed by atoms with E-state index >= 15 is 0 Å². The molecule has 5 rings (SSSR count). The third-order valence-corrected chi connectivity index (χ3v) is 6.12. The number of rotatable bonds is 5. The minimum absolute atomic E-state index is 0.0447. The lowest BCUT2D eigenvalue weighted by atomic mass is 9.73. The van der Waals surface area contributed by atoms with Crippen LogP contribution in [0.3, 0.4) is 0 Å². The van der Waals surface area contributed by atoms with Gasteiger partial charge in [0.05, 0.1) is 12.6 Å². The van der Waals surface area contributed by atoms with Gasteiger partial charge in [0.15, 0.2) is 0 Å². The first kappa shape index (κ1) is 20.5. The van der Waals surface area contributed by atoms with Crippen molar-refractivity contribution in [2.45, 2.75) is 26.3 Å². The maximum atomic E-state index is 12.6. The van der Waals surface area contributed by atoms with Crippen LogP contribution in [0.5, 0.6) is 11.6 Å². The lowest BCUT2D eigenvalue weighted by Crippen LogP contribution is -2.54. The Morgan fingerprint density at radius 2 is 2.00 bits per heavy atom. The molecule has 7 nitrogen and oxygen atoms in total. The van der Waals surface area contributed by atoms with Crippen LogP contribution in [0.15, 0.2) is 48.7 Å². The van der Waals surface area contributed by atoms with Crippen molar-refractivity contribution >= 4 is 11.7 Å². The van der Waals surface area contributed by atoms with Crippen molar-refractivity contribution in [3.63, 3.8) is 0 Å². The summed E-state index contributed by atoms with van der Waals surface area (Å²) in [6, 6.07) is 13.9. The van der Waals surface area contributed by atoms with E-state index < -0.39 is 0 Å². The normalized spacial score (nSPS) is 22.5. The minimum atomic E-state index is -0.0855. The quantitative estimate of drug-likeness (QED) is 0.792. The topological polar surface area (TPSA) is 77.9 Å². The zero-order valence-corrected chi connectivity index (χ0v) is 17.6. The Morgan fingerprint density at radius 3 is 2.70 bits per heavy atom. The second kappa shape index (κ2) is 8.52. The molecule has 0 unspecified atom stereocenters. The Bertz CT molecular complexity index is 857. The van der Waals surface area contributed by atoms with Gasteiger partial charge < -0.3 is 25.0 Å². The average Bonchev–Trinajstić information content (AvgIpc) is 3.00. The standard InChI is InChI=1S/C23H30N4O3/c1-23(2)13-17-14-26(22(29)25-11-12-28)16-20(23)27(15-17)18-6-8-19(9-7-18)30-21-5-3-4-10-24-21/h3-10,17,20,28H,11-16H2,1-2H3,(H,25,29)/t17-,20-/m1/s1. The van der Waals surface area contributed by atoms with Crippen molar-refractivity contribution in [3.05, 3.63) is 48.7 Å². The highest BCUT2D eigenvalue weighted by Crippen LogP contribution is 2.43. The van der Waals surface area contributed by atoms with Crippen LogP contribution in [0.2, 0.25) is 0 Å². The van der Waals surface area contributed by atoms with Crippen molar-refractivity contribution in [2.75, 3.05) is 37.7 Å². The second-order valence-corrected chi connectivity index (χ2v) is 8.85. The van der Waals surface area contributed by atoms with Gasteiger partial charge in [0.2, 0.25) is 5.88 Å². The molecule has 1 aromatic heterocycles. The van der Waals surface area contributed by atoms with Crippen LogP contribution in [0, 0.1) is 11.3 Å². The molecule has 2 aromatic rings. The van der Waals surface area contributed by atoms with E-state index in [-0.39, 0.29) is 30.6 Å². The molecule has 0 radical (unpaired) electrons. The largest absolute Gasteiger partial charge is 0.439 e. The number of carbonyl (C=O) groups is 1. The number of ether oxygens (including phenoxy) is 1. The number of urea groups is 1. The highest BCUT2D eigenvalue weighted by atomic mass is 16.5. The van der Waals surface area contributed by atoms with Crippen LogP contribution < -0.4 is 15.0 Å². The zero-order valence-electron chi connectivity index (χ0n) is 17.6. The monoisotopic (exact) mass is 410 g/mol. The van der Waals surface area contributed by atoms with Crippen molar-refractivity contribution < 1.29 is 14.6 Å². The molecule has 160 valence electrons. The lowest BCUT2D eigenvalue weighted by molar-refractivity contribution is 0.185. The number of nitrogens with zero attached hydrogens (tertiary/aromatic N) is 3. The van der Waals surface area contributed by atoms with Gasteiger partial charge in [0.1, 0.15) is 5.75 Å². The van der Waals surface area contributed by atoms with Crippen LogP contribution in [0.1, 0.15) is 20.3 Å². The highest BCUT2D eigenvalue weighted by Gasteiger charge is 2.46. The molecule has 1 aromatic carbocycles. The first-order chi connectivity index (χ1) is 14.5. The summed E-state index contributed by atoms with van der Waals surface area (Å²) in [5.41, 5.74) is 1.24. The Balaban J connectivity index is 1.52. The average molecular weight is 411 g/mol. The summed E-state index contributed by atoms with van der Waals surface area (Å²) >= 11 is 0. The van der Waals surface area contributed by atoms with E-state index in [4.69, 9.17) is 9.84 Å². The molecule has 2 N–H and O–H groups in total. The number of carbonyl (C=O) groups excluding carboxylic acids is 1. The Hall–Kier alpha value is -2.80. The number of aromatic nitrogens is 1. The molecule has 3 aliphatic rings. The summed E-state index contributed by atoms with van der Waals surface area (Å²) in [6.07, 6.45) is 2.81. The number of piperidine rings is 1. The van der Waals surface area contributed by atoms with Gasteiger partial charge in [0, 0.05) is 44.1 Å². The number of fused-ring (bicyclic) bond motifs is 4. The first-order valence-electron chi connectivity index (χ1n) is 10.6. The van der Waals surface area contributed by atoms with Gasteiger partial charge in [0.25, 0.3) is 0 Å². The summed E-state index contributed by atoms with van der Waals surface area (Å²) in [4.78, 5) is 21.1. The van der Waals surface area contributed by atoms with Gasteiger partial charge >= 0.3 is 6.03 Å². The number of amides is 2. The third-order valence-electron chi connectivity index (χ3n) is 6.12. The number of hydrogen-bond donors (Lipinski definition) is 2. The van der Waals surface area contributed by atoms with E-state index in [0.29, 0.717) is 18.3 Å². The second-order valence-electron chi connectivity index (χ2n) is 8.85. The van der Waals surface area contributed by atoms with Crippen LogP contribution >= 0.6 is 0 Å².